The van der Waals surface area contributed by atoms with Gasteiger partial charge in [-0.1, -0.05) is 0 Å². The summed E-state index contributed by atoms with van der Waals surface area (Å²) in [6.07, 6.45) is -2.33. The molecule has 0 bridgehead atoms. The first-order valence-corrected chi connectivity index (χ1v) is 1.16. The van der Waals surface area contributed by atoms with E-state index in [1.54, 1.807) is 0 Å². The maximum Gasteiger partial charge on any atom is 3.00 e. The molecule has 0 unspecified atom stereocenters. The number of carboxylic acid groups (broad SMARTS) is 2. The Bertz CT molecular complexity index is 85.9. The van der Waals surface area contributed by atoms with Crippen molar-refractivity contribution in [2.24, 2.45) is 0 Å². The second kappa shape index (κ2) is 182. The van der Waals surface area contributed by atoms with Crippen LogP contribution in [0.3, 0.4) is 0 Å². The van der Waals surface area contributed by atoms with Crippen LogP contribution in [-0.2, 0) is 39.0 Å². The molecular formula is CH15AlFeNNiO15+. The van der Waals surface area contributed by atoms with Crippen LogP contribution in [-0.4, -0.2) is 72.4 Å². The van der Waals surface area contributed by atoms with Crippen molar-refractivity contribution in [3.8, 4) is 0 Å². The third-order valence-corrected chi connectivity index (χ3v) is 0. The number of nitrogens with zero attached hydrogens (tertiary/aromatic N) is 1. The van der Waals surface area contributed by atoms with Crippen LogP contribution in [0, 0.1) is 15.3 Å². The molecule has 0 rings (SSSR count). The Morgan fingerprint density at radius 1 is 0.800 bits per heavy atom. The Kier molecular flexibility index (Phi) is 1940. The summed E-state index contributed by atoms with van der Waals surface area (Å²) in [5.41, 5.74) is 0. The fourth-order valence-electron chi connectivity index (χ4n) is 0. The topological polar surface area (TPSA) is 408 Å². The summed E-state index contributed by atoms with van der Waals surface area (Å²) < 4.78 is 0. The fourth-order valence-corrected chi connectivity index (χ4v) is 0. The molecule has 0 aromatic carbocycles. The zero-order valence-corrected chi connectivity index (χ0v) is 12.2. The van der Waals surface area contributed by atoms with Gasteiger partial charge >= 0.3 is 50.9 Å². The molecule has 0 atom stereocenters. The predicted molar refractivity (Wildman–Crippen MR) is 49.4 cm³/mol. The van der Waals surface area contributed by atoms with Crippen molar-refractivity contribution >= 4 is 23.5 Å². The van der Waals surface area contributed by atoms with E-state index < -0.39 is 11.2 Å². The molecule has 19 heteroatoms. The second-order valence-electron chi connectivity index (χ2n) is 0.474. The Hall–Kier alpha value is -0.345. The van der Waals surface area contributed by atoms with Gasteiger partial charge in [0.2, 0.25) is 0 Å². The molecule has 0 amide bonds. The molecule has 0 aromatic heterocycles. The van der Waals surface area contributed by atoms with E-state index >= 15 is 0 Å². The van der Waals surface area contributed by atoms with E-state index in [1.807, 2.05) is 0 Å². The Morgan fingerprint density at radius 3 is 0.800 bits per heavy atom. The van der Waals surface area contributed by atoms with E-state index in [-0.39, 0.29) is 100 Å². The van der Waals surface area contributed by atoms with Crippen molar-refractivity contribution in [2.75, 3.05) is 0 Å². The smallest absolute Gasteiger partial charge is 2.00 e. The van der Waals surface area contributed by atoms with Gasteiger partial charge in [-0.2, -0.15) is 0 Å². The summed E-state index contributed by atoms with van der Waals surface area (Å²) in [6.45, 7) is 0. The second-order valence-corrected chi connectivity index (χ2v) is 0.474. The van der Waals surface area contributed by atoms with Gasteiger partial charge in [0, 0.05) is 0 Å². The zero-order chi connectivity index (χ0) is 7.15. The van der Waals surface area contributed by atoms with Crippen LogP contribution in [0.15, 0.2) is 0 Å². The molecule has 0 saturated heterocycles. The molecule has 0 aliphatic heterocycles. The third kappa shape index (κ3) is 41300. The summed E-state index contributed by atoms with van der Waals surface area (Å²) in [5, 5.41) is 31.4. The van der Waals surface area contributed by atoms with E-state index in [2.05, 4.69) is 0 Å². The van der Waals surface area contributed by atoms with Crippen LogP contribution in [0.4, 0.5) is 4.79 Å². The van der Waals surface area contributed by atoms with Crippen molar-refractivity contribution in [1.82, 2.24) is 0 Å². The molecular weight excluding hydrogens is 408 g/mol. The van der Waals surface area contributed by atoms with Gasteiger partial charge < -0.3 is 79.6 Å². The number of rotatable bonds is 0. The SMILES string of the molecule is O.O.O.O.O.O.O.O=C([O-])[O-].O=[N+]([O-])[O-].[Al+3].[Fe+2].[Ni+2].[O-2].[OH-]. The molecule has 0 spiro atoms. The average molecular weight is 423 g/mol. The van der Waals surface area contributed by atoms with Crippen molar-refractivity contribution in [1.29, 1.82) is 0 Å². The molecule has 0 aliphatic carbocycles. The summed E-state index contributed by atoms with van der Waals surface area (Å²) in [7, 11) is 0. The van der Waals surface area contributed by atoms with E-state index in [9.17, 15) is 0 Å². The van der Waals surface area contributed by atoms with Gasteiger partial charge in [-0.15, -0.1) is 0 Å². The van der Waals surface area contributed by atoms with Gasteiger partial charge in [-0.3, -0.25) is 0 Å². The monoisotopic (exact) mass is 422 g/mol. The van der Waals surface area contributed by atoms with Crippen LogP contribution >= 0.6 is 0 Å². The number of carbonyl (C=O) groups is 1. The van der Waals surface area contributed by atoms with E-state index in [0.717, 1.165) is 0 Å². The summed E-state index contributed by atoms with van der Waals surface area (Å²) >= 11 is 0. The maximum atomic E-state index is 8.33. The van der Waals surface area contributed by atoms with E-state index in [4.69, 9.17) is 30.3 Å². The zero-order valence-electron chi connectivity index (χ0n) is 9.00. The van der Waals surface area contributed by atoms with Gasteiger partial charge in [0.05, 0.1) is 5.09 Å². The van der Waals surface area contributed by atoms with Gasteiger partial charge in [0.25, 0.3) is 0 Å². The molecule has 0 saturated carbocycles. The van der Waals surface area contributed by atoms with Crippen LogP contribution in [0.25, 0.3) is 0 Å². The van der Waals surface area contributed by atoms with E-state index in [1.165, 1.54) is 0 Å². The summed E-state index contributed by atoms with van der Waals surface area (Å²) in [5.74, 6) is 0. The summed E-state index contributed by atoms with van der Waals surface area (Å²) in [4.78, 5) is 16.6. The fraction of sp³-hybridized carbons (Fsp3) is 0. The van der Waals surface area contributed by atoms with Crippen molar-refractivity contribution in [3.05, 3.63) is 15.3 Å². The number of carbonyl (C=O) groups excluding carboxylic acids is 1. The first-order chi connectivity index (χ1) is 3.46. The molecule has 0 radical (unpaired) electrons. The minimum Gasteiger partial charge on any atom is -2.00 e. The van der Waals surface area contributed by atoms with Gasteiger partial charge in [0.1, 0.15) is 0 Å². The maximum absolute atomic E-state index is 8.33. The standard InChI is InChI=1S/CH2O3.Al.Fe.NO3.Ni.8H2O.O/c2-1(3)4;;;2-1(3)4;;;;;;;;;;/h(H2,2,3,4);;;;;8*1H2;/q;+3;+2;-1;+2;;;;;;;;;-2/p-3. The third-order valence-electron chi connectivity index (χ3n) is 0. The molecule has 0 aromatic rings. The largest absolute Gasteiger partial charge is 3.00 e. The summed E-state index contributed by atoms with van der Waals surface area (Å²) in [6, 6.07) is 0. The first-order valence-electron chi connectivity index (χ1n) is 1.16. The molecule has 0 aliphatic rings. The Labute approximate surface area is 142 Å². The molecule has 16 nitrogen and oxygen atoms in total. The van der Waals surface area contributed by atoms with Crippen LogP contribution < -0.4 is 10.2 Å². The molecule has 15 N–H and O–H groups in total. The van der Waals surface area contributed by atoms with Crippen molar-refractivity contribution in [2.45, 2.75) is 0 Å². The van der Waals surface area contributed by atoms with Crippen LogP contribution in [0.5, 0.6) is 0 Å². The quantitative estimate of drug-likeness (QED) is 0.205. The molecule has 134 valence electrons. The molecule has 0 fully saturated rings. The average Bonchev–Trinajstić information content (AvgIpc) is 1.25. The number of hydrogen-bond donors (Lipinski definition) is 0. The van der Waals surface area contributed by atoms with Gasteiger partial charge in [0.15, 0.2) is 0 Å². The Morgan fingerprint density at radius 2 is 0.800 bits per heavy atom. The van der Waals surface area contributed by atoms with Crippen LogP contribution in [0.2, 0.25) is 0 Å². The number of hydrogen-bond acceptors (Lipinski definition) is 7. The minimum absolute atomic E-state index is 0. The molecule has 0 heterocycles. The first kappa shape index (κ1) is 214. The molecule has 20 heavy (non-hydrogen) atoms. The van der Waals surface area contributed by atoms with Gasteiger partial charge in [-0.25, -0.2) is 0 Å². The predicted octanol–water partition coefficient (Wildman–Crippen LogP) is -9.14. The normalized spacial score (nSPS) is 2.40. The Balaban J connectivity index is -0.00000000187. The van der Waals surface area contributed by atoms with E-state index in [0.29, 0.717) is 0 Å². The van der Waals surface area contributed by atoms with Crippen molar-refractivity contribution < 1.29 is 103 Å². The van der Waals surface area contributed by atoms with Gasteiger partial charge in [-0.05, 0) is 6.16 Å². The van der Waals surface area contributed by atoms with Crippen LogP contribution in [0.1, 0.15) is 0 Å². The minimum atomic E-state index is -2.33. The van der Waals surface area contributed by atoms with Crippen molar-refractivity contribution in [3.63, 3.8) is 0 Å².